The Hall–Kier alpha value is -1.10. The summed E-state index contributed by atoms with van der Waals surface area (Å²) < 4.78 is 4.88. The van der Waals surface area contributed by atoms with Crippen molar-refractivity contribution in [1.82, 2.24) is 0 Å². The molecule has 0 aliphatic rings. The van der Waals surface area contributed by atoms with E-state index in [1.165, 1.54) is 0 Å². The molecule has 5 heteroatoms. The molecule has 0 aromatic heterocycles. The molecule has 1 unspecified atom stereocenters. The predicted octanol–water partition coefficient (Wildman–Crippen LogP) is 1.44. The summed E-state index contributed by atoms with van der Waals surface area (Å²) in [6.45, 7) is -0.158. The number of hydrogen-bond donors (Lipinski definition) is 2. The van der Waals surface area contributed by atoms with E-state index >= 15 is 0 Å². The van der Waals surface area contributed by atoms with Gasteiger partial charge in [0.1, 0.15) is 6.61 Å². The number of halogens is 1. The van der Waals surface area contributed by atoms with Crippen molar-refractivity contribution in [2.45, 2.75) is 6.04 Å². The molecule has 1 rings (SSSR count). The minimum Gasteiger partial charge on any atom is -0.480 e. The van der Waals surface area contributed by atoms with E-state index in [4.69, 9.17) is 27.2 Å². The summed E-state index contributed by atoms with van der Waals surface area (Å²) in [5, 5.41) is 8.99. The number of carboxylic acids is 1. The Kier molecular flexibility index (Phi) is 4.55. The van der Waals surface area contributed by atoms with Crippen molar-refractivity contribution < 1.29 is 14.6 Å². The topological polar surface area (TPSA) is 72.5 Å². The average molecular weight is 230 g/mol. The van der Waals surface area contributed by atoms with Gasteiger partial charge in [0.25, 0.3) is 0 Å². The SMILES string of the molecule is NC(COCC(=O)O)c1ccc(Cl)cc1. The van der Waals surface area contributed by atoms with Gasteiger partial charge in [-0.05, 0) is 17.7 Å². The van der Waals surface area contributed by atoms with Crippen molar-refractivity contribution in [3.63, 3.8) is 0 Å². The van der Waals surface area contributed by atoms with Crippen molar-refractivity contribution in [3.8, 4) is 0 Å². The second-order valence-corrected chi connectivity index (χ2v) is 3.50. The Labute approximate surface area is 92.6 Å². The smallest absolute Gasteiger partial charge is 0.329 e. The van der Waals surface area contributed by atoms with Crippen LogP contribution in [0.25, 0.3) is 0 Å². The molecule has 4 nitrogen and oxygen atoms in total. The fraction of sp³-hybridized carbons (Fsp3) is 0.300. The lowest BCUT2D eigenvalue weighted by Crippen LogP contribution is -2.19. The van der Waals surface area contributed by atoms with Crippen LogP contribution in [0.4, 0.5) is 0 Å². The number of rotatable bonds is 5. The first-order chi connectivity index (χ1) is 7.09. The largest absolute Gasteiger partial charge is 0.480 e. The summed E-state index contributed by atoms with van der Waals surface area (Å²) >= 11 is 5.71. The van der Waals surface area contributed by atoms with Gasteiger partial charge < -0.3 is 15.6 Å². The Morgan fingerprint density at radius 3 is 2.60 bits per heavy atom. The predicted molar refractivity (Wildman–Crippen MR) is 56.8 cm³/mol. The van der Waals surface area contributed by atoms with Crippen molar-refractivity contribution >= 4 is 17.6 Å². The summed E-state index contributed by atoms with van der Waals surface area (Å²) in [5.41, 5.74) is 6.64. The van der Waals surface area contributed by atoms with Gasteiger partial charge in [-0.1, -0.05) is 23.7 Å². The first-order valence-electron chi connectivity index (χ1n) is 4.40. The fourth-order valence-electron chi connectivity index (χ4n) is 1.08. The van der Waals surface area contributed by atoms with E-state index in [0.29, 0.717) is 5.02 Å². The molecule has 0 radical (unpaired) electrons. The zero-order valence-corrected chi connectivity index (χ0v) is 8.78. The van der Waals surface area contributed by atoms with E-state index in [9.17, 15) is 4.79 Å². The van der Waals surface area contributed by atoms with Crippen LogP contribution in [0.3, 0.4) is 0 Å². The summed E-state index contributed by atoms with van der Waals surface area (Å²) in [6, 6.07) is 6.71. The van der Waals surface area contributed by atoms with Crippen molar-refractivity contribution in [2.75, 3.05) is 13.2 Å². The van der Waals surface area contributed by atoms with E-state index in [2.05, 4.69) is 0 Å². The third kappa shape index (κ3) is 4.29. The maximum Gasteiger partial charge on any atom is 0.329 e. The van der Waals surface area contributed by atoms with E-state index in [0.717, 1.165) is 5.56 Å². The summed E-state index contributed by atoms with van der Waals surface area (Å²) in [7, 11) is 0. The second-order valence-electron chi connectivity index (χ2n) is 3.07. The highest BCUT2D eigenvalue weighted by Gasteiger charge is 2.06. The van der Waals surface area contributed by atoms with Gasteiger partial charge in [0, 0.05) is 5.02 Å². The molecule has 0 bridgehead atoms. The minimum absolute atomic E-state index is 0.175. The monoisotopic (exact) mass is 229 g/mol. The van der Waals surface area contributed by atoms with Gasteiger partial charge in [0.2, 0.25) is 0 Å². The maximum atomic E-state index is 10.2. The number of ether oxygens (including phenoxy) is 1. The molecule has 1 aromatic carbocycles. The van der Waals surface area contributed by atoms with Crippen molar-refractivity contribution in [1.29, 1.82) is 0 Å². The number of carboxylic acid groups (broad SMARTS) is 1. The molecule has 0 saturated heterocycles. The van der Waals surface area contributed by atoms with Gasteiger partial charge in [-0.25, -0.2) is 4.79 Å². The highest BCUT2D eigenvalue weighted by atomic mass is 35.5. The summed E-state index contributed by atoms with van der Waals surface area (Å²) in [6.07, 6.45) is 0. The number of nitrogens with two attached hydrogens (primary N) is 1. The van der Waals surface area contributed by atoms with Gasteiger partial charge in [0.05, 0.1) is 12.6 Å². The van der Waals surface area contributed by atoms with Crippen LogP contribution in [0.5, 0.6) is 0 Å². The van der Waals surface area contributed by atoms with Crippen LogP contribution in [0.1, 0.15) is 11.6 Å². The Morgan fingerprint density at radius 2 is 2.07 bits per heavy atom. The van der Waals surface area contributed by atoms with Crippen molar-refractivity contribution in [2.24, 2.45) is 5.73 Å². The lowest BCUT2D eigenvalue weighted by molar-refractivity contribution is -0.142. The van der Waals surface area contributed by atoms with E-state index in [1.807, 2.05) is 0 Å². The van der Waals surface area contributed by atoms with Gasteiger partial charge in [-0.15, -0.1) is 0 Å². The molecule has 0 aliphatic heterocycles. The summed E-state index contributed by atoms with van der Waals surface area (Å²) in [5.74, 6) is -1.00. The summed E-state index contributed by atoms with van der Waals surface area (Å²) in [4.78, 5) is 10.2. The van der Waals surface area contributed by atoms with Crippen molar-refractivity contribution in [3.05, 3.63) is 34.9 Å². The standard InChI is InChI=1S/C10H12ClNO3/c11-8-3-1-7(2-4-8)9(12)5-15-6-10(13)14/h1-4,9H,5-6,12H2,(H,13,14). The third-order valence-electron chi connectivity index (χ3n) is 1.82. The van der Waals surface area contributed by atoms with Gasteiger partial charge >= 0.3 is 5.97 Å². The quantitative estimate of drug-likeness (QED) is 0.802. The van der Waals surface area contributed by atoms with Crippen LogP contribution in [0.2, 0.25) is 5.02 Å². The average Bonchev–Trinajstić information content (AvgIpc) is 2.18. The Bertz CT molecular complexity index is 326. The van der Waals surface area contributed by atoms with Crippen LogP contribution in [-0.4, -0.2) is 24.3 Å². The minimum atomic E-state index is -1.00. The first-order valence-corrected chi connectivity index (χ1v) is 4.78. The molecule has 1 atom stereocenters. The molecule has 0 amide bonds. The van der Waals surface area contributed by atoms with Gasteiger partial charge in [-0.2, -0.15) is 0 Å². The molecule has 0 heterocycles. The highest BCUT2D eigenvalue weighted by Crippen LogP contribution is 2.14. The number of aliphatic carboxylic acids is 1. The van der Waals surface area contributed by atoms with Crippen LogP contribution in [0.15, 0.2) is 24.3 Å². The Balaban J connectivity index is 2.43. The van der Waals surface area contributed by atoms with Gasteiger partial charge in [0.15, 0.2) is 0 Å². The normalized spacial score (nSPS) is 12.4. The molecule has 3 N–H and O–H groups in total. The maximum absolute atomic E-state index is 10.2. The number of carbonyl (C=O) groups is 1. The molecule has 0 aliphatic carbocycles. The zero-order chi connectivity index (χ0) is 11.3. The van der Waals surface area contributed by atoms with Gasteiger partial charge in [-0.3, -0.25) is 0 Å². The highest BCUT2D eigenvalue weighted by molar-refractivity contribution is 6.30. The number of benzene rings is 1. The lowest BCUT2D eigenvalue weighted by atomic mass is 10.1. The molecule has 0 spiro atoms. The third-order valence-corrected chi connectivity index (χ3v) is 2.07. The first kappa shape index (κ1) is 12.0. The van der Waals surface area contributed by atoms with E-state index in [1.54, 1.807) is 24.3 Å². The Morgan fingerprint density at radius 1 is 1.47 bits per heavy atom. The van der Waals surface area contributed by atoms with Crippen LogP contribution in [-0.2, 0) is 9.53 Å². The lowest BCUT2D eigenvalue weighted by Gasteiger charge is -2.11. The molecule has 0 saturated carbocycles. The van der Waals surface area contributed by atoms with Crippen LogP contribution in [0, 0.1) is 0 Å². The zero-order valence-electron chi connectivity index (χ0n) is 8.02. The molecular weight excluding hydrogens is 218 g/mol. The van der Waals surface area contributed by atoms with Crippen LogP contribution < -0.4 is 5.73 Å². The molecule has 0 fully saturated rings. The molecule has 1 aromatic rings. The van der Waals surface area contributed by atoms with E-state index < -0.39 is 5.97 Å². The molecular formula is C10H12ClNO3. The number of hydrogen-bond acceptors (Lipinski definition) is 3. The van der Waals surface area contributed by atoms with E-state index in [-0.39, 0.29) is 19.3 Å². The fourth-order valence-corrected chi connectivity index (χ4v) is 1.21. The second kappa shape index (κ2) is 5.70. The molecule has 15 heavy (non-hydrogen) atoms. The molecule has 82 valence electrons. The van der Waals surface area contributed by atoms with Crippen LogP contribution >= 0.6 is 11.6 Å².